The van der Waals surface area contributed by atoms with Crippen molar-refractivity contribution in [3.8, 4) is 0 Å². The summed E-state index contributed by atoms with van der Waals surface area (Å²) < 4.78 is 5.57. The monoisotopic (exact) mass is 320 g/mol. The van der Waals surface area contributed by atoms with Crippen LogP contribution in [-0.2, 0) is 9.53 Å². The van der Waals surface area contributed by atoms with E-state index in [0.717, 1.165) is 56.8 Å². The second-order valence-corrected chi connectivity index (χ2v) is 6.87. The summed E-state index contributed by atoms with van der Waals surface area (Å²) in [7, 11) is 0. The van der Waals surface area contributed by atoms with Gasteiger partial charge in [-0.3, -0.25) is 14.8 Å². The highest BCUT2D eigenvalue weighted by Gasteiger charge is 2.29. The fraction of sp³-hybridized carbons (Fsp3) is 0.765. The van der Waals surface area contributed by atoms with Gasteiger partial charge in [0.1, 0.15) is 0 Å². The van der Waals surface area contributed by atoms with E-state index in [2.05, 4.69) is 26.5 Å². The largest absolute Gasteiger partial charge is 0.376 e. The number of ether oxygens (including phenoxy) is 1. The van der Waals surface area contributed by atoms with E-state index >= 15 is 0 Å². The summed E-state index contributed by atoms with van der Waals surface area (Å²) in [5, 5.41) is 10.5. The van der Waals surface area contributed by atoms with Crippen LogP contribution in [0.2, 0.25) is 0 Å². The first-order chi connectivity index (χ1) is 11.1. The lowest BCUT2D eigenvalue weighted by molar-refractivity contribution is -0.126. The summed E-state index contributed by atoms with van der Waals surface area (Å²) >= 11 is 0. The number of rotatable bonds is 5. The van der Waals surface area contributed by atoms with Gasteiger partial charge in [-0.25, -0.2) is 0 Å². The number of aryl methyl sites for hydroxylation is 1. The number of piperidine rings is 1. The van der Waals surface area contributed by atoms with Crippen molar-refractivity contribution in [3.05, 3.63) is 17.5 Å². The molecule has 2 fully saturated rings. The summed E-state index contributed by atoms with van der Waals surface area (Å²) in [6.45, 7) is 7.38. The molecular formula is C17H28N4O2. The minimum absolute atomic E-state index is 0.0979. The van der Waals surface area contributed by atoms with E-state index in [1.54, 1.807) is 0 Å². The van der Waals surface area contributed by atoms with Crippen LogP contribution < -0.4 is 5.32 Å². The van der Waals surface area contributed by atoms with Crippen LogP contribution in [0, 0.1) is 6.92 Å². The first kappa shape index (κ1) is 16.5. The third-order valence-electron chi connectivity index (χ3n) is 5.05. The topological polar surface area (TPSA) is 70.2 Å². The molecule has 0 bridgehead atoms. The van der Waals surface area contributed by atoms with Crippen LogP contribution in [0.5, 0.6) is 0 Å². The molecule has 1 aromatic rings. The van der Waals surface area contributed by atoms with Crippen molar-refractivity contribution in [3.63, 3.8) is 0 Å². The first-order valence-electron chi connectivity index (χ1n) is 8.78. The third-order valence-corrected chi connectivity index (χ3v) is 5.05. The highest BCUT2D eigenvalue weighted by atomic mass is 16.5. The number of carbonyl (C=O) groups excluding carboxylic acids is 1. The molecule has 0 spiro atoms. The molecule has 3 atom stereocenters. The molecule has 2 saturated heterocycles. The van der Waals surface area contributed by atoms with Gasteiger partial charge in [0.15, 0.2) is 0 Å². The molecule has 23 heavy (non-hydrogen) atoms. The number of amides is 1. The number of aromatic nitrogens is 2. The van der Waals surface area contributed by atoms with Gasteiger partial charge in [-0.2, -0.15) is 5.10 Å². The van der Waals surface area contributed by atoms with E-state index in [-0.39, 0.29) is 18.1 Å². The van der Waals surface area contributed by atoms with Crippen molar-refractivity contribution in [2.24, 2.45) is 0 Å². The molecule has 0 unspecified atom stereocenters. The summed E-state index contributed by atoms with van der Waals surface area (Å²) in [5.41, 5.74) is 2.22. The predicted octanol–water partition coefficient (Wildman–Crippen LogP) is 1.58. The number of hydrogen-bond donors (Lipinski definition) is 2. The van der Waals surface area contributed by atoms with Crippen molar-refractivity contribution >= 4 is 5.91 Å². The molecule has 2 aliphatic rings. The summed E-state index contributed by atoms with van der Waals surface area (Å²) in [5.74, 6) is 0.529. The van der Waals surface area contributed by atoms with Crippen LogP contribution in [0.3, 0.4) is 0 Å². The third kappa shape index (κ3) is 4.12. The van der Waals surface area contributed by atoms with E-state index in [9.17, 15) is 4.79 Å². The summed E-state index contributed by atoms with van der Waals surface area (Å²) in [4.78, 5) is 14.7. The van der Waals surface area contributed by atoms with Crippen molar-refractivity contribution in [2.45, 2.75) is 57.6 Å². The molecule has 1 aromatic heterocycles. The molecule has 0 aliphatic carbocycles. The van der Waals surface area contributed by atoms with Crippen molar-refractivity contribution in [1.29, 1.82) is 0 Å². The average molecular weight is 320 g/mol. The van der Waals surface area contributed by atoms with Gasteiger partial charge >= 0.3 is 0 Å². The molecule has 2 N–H and O–H groups in total. The number of carbonyl (C=O) groups is 1. The molecule has 6 nitrogen and oxygen atoms in total. The van der Waals surface area contributed by atoms with Crippen molar-refractivity contribution in [1.82, 2.24) is 20.4 Å². The number of likely N-dealkylation sites (tertiary alicyclic amines) is 1. The Hall–Kier alpha value is -1.40. The normalized spacial score (nSPS) is 27.0. The lowest BCUT2D eigenvalue weighted by Gasteiger charge is -2.35. The maximum absolute atomic E-state index is 12.4. The summed E-state index contributed by atoms with van der Waals surface area (Å²) in [6.07, 6.45) is 4.61. The maximum Gasteiger partial charge on any atom is 0.237 e. The number of H-pyrrole nitrogens is 1. The summed E-state index contributed by atoms with van der Waals surface area (Å²) in [6, 6.07) is 2.02. The Balaban J connectivity index is 1.51. The van der Waals surface area contributed by atoms with Crippen molar-refractivity contribution < 1.29 is 9.53 Å². The van der Waals surface area contributed by atoms with Crippen LogP contribution in [0.4, 0.5) is 0 Å². The van der Waals surface area contributed by atoms with Gasteiger partial charge in [0.25, 0.3) is 0 Å². The fourth-order valence-corrected chi connectivity index (χ4v) is 3.58. The smallest absolute Gasteiger partial charge is 0.237 e. The highest BCUT2D eigenvalue weighted by Crippen LogP contribution is 2.27. The van der Waals surface area contributed by atoms with Gasteiger partial charge in [-0.1, -0.05) is 0 Å². The average Bonchev–Trinajstić information content (AvgIpc) is 3.23. The number of aromatic amines is 1. The minimum atomic E-state index is -0.0979. The Kier molecular flexibility index (Phi) is 5.33. The van der Waals surface area contributed by atoms with Gasteiger partial charge in [0, 0.05) is 31.3 Å². The number of nitrogens with zero attached hydrogens (tertiary/aromatic N) is 2. The van der Waals surface area contributed by atoms with E-state index in [1.165, 1.54) is 0 Å². The Morgan fingerprint density at radius 2 is 2.39 bits per heavy atom. The molecular weight excluding hydrogens is 292 g/mol. The van der Waals surface area contributed by atoms with E-state index in [4.69, 9.17) is 4.74 Å². The lowest BCUT2D eigenvalue weighted by Crippen LogP contribution is -2.49. The molecule has 0 radical (unpaired) electrons. The SMILES string of the molecule is Cc1cc([C@@H]2CCCN([C@H](C)C(=O)NC[C@H]3CCCO3)C2)n[nH]1. The Morgan fingerprint density at radius 3 is 3.09 bits per heavy atom. The quantitative estimate of drug-likeness (QED) is 0.864. The Bertz CT molecular complexity index is 524. The standard InChI is InChI=1S/C17H28N4O2/c1-12-9-16(20-19-12)14-5-3-7-21(11-14)13(2)17(22)18-10-15-6-4-8-23-15/h9,13-15H,3-8,10-11H2,1-2H3,(H,18,22)(H,19,20)/t13-,14-,15-/m1/s1. The zero-order valence-electron chi connectivity index (χ0n) is 14.2. The first-order valence-corrected chi connectivity index (χ1v) is 8.78. The molecule has 1 amide bonds. The molecule has 3 rings (SSSR count). The van der Waals surface area contributed by atoms with Gasteiger partial charge in [0.2, 0.25) is 5.91 Å². The van der Waals surface area contributed by atoms with E-state index in [1.807, 2.05) is 13.8 Å². The predicted molar refractivity (Wildman–Crippen MR) is 88.3 cm³/mol. The van der Waals surface area contributed by atoms with Gasteiger partial charge in [0.05, 0.1) is 17.8 Å². The number of hydrogen-bond acceptors (Lipinski definition) is 4. The molecule has 3 heterocycles. The molecule has 128 valence electrons. The second-order valence-electron chi connectivity index (χ2n) is 6.87. The van der Waals surface area contributed by atoms with Crippen LogP contribution in [0.25, 0.3) is 0 Å². The van der Waals surface area contributed by atoms with Crippen LogP contribution in [0.15, 0.2) is 6.07 Å². The van der Waals surface area contributed by atoms with Crippen molar-refractivity contribution in [2.75, 3.05) is 26.2 Å². The highest BCUT2D eigenvalue weighted by molar-refractivity contribution is 5.81. The number of nitrogens with one attached hydrogen (secondary N) is 2. The van der Waals surface area contributed by atoms with Gasteiger partial charge < -0.3 is 10.1 Å². The minimum Gasteiger partial charge on any atom is -0.376 e. The maximum atomic E-state index is 12.4. The molecule has 6 heteroatoms. The fourth-order valence-electron chi connectivity index (χ4n) is 3.58. The van der Waals surface area contributed by atoms with Crippen LogP contribution in [0.1, 0.15) is 49.9 Å². The van der Waals surface area contributed by atoms with E-state index < -0.39 is 0 Å². The molecule has 2 aliphatic heterocycles. The van der Waals surface area contributed by atoms with E-state index in [0.29, 0.717) is 12.5 Å². The lowest BCUT2D eigenvalue weighted by atomic mass is 9.93. The molecule has 0 aromatic carbocycles. The Morgan fingerprint density at radius 1 is 1.52 bits per heavy atom. The van der Waals surface area contributed by atoms with Gasteiger partial charge in [-0.15, -0.1) is 0 Å². The zero-order valence-corrected chi connectivity index (χ0v) is 14.2. The second kappa shape index (κ2) is 7.45. The molecule has 0 saturated carbocycles. The van der Waals surface area contributed by atoms with Crippen LogP contribution in [-0.4, -0.2) is 59.4 Å². The Labute approximate surface area is 138 Å². The van der Waals surface area contributed by atoms with Gasteiger partial charge in [-0.05, 0) is 52.1 Å². The zero-order chi connectivity index (χ0) is 16.2. The van der Waals surface area contributed by atoms with Crippen LogP contribution >= 0.6 is 0 Å².